The molecule has 2 nitrogen and oxygen atoms in total. The maximum atomic E-state index is 11.7. The summed E-state index contributed by atoms with van der Waals surface area (Å²) in [6.07, 6.45) is 0. The van der Waals surface area contributed by atoms with E-state index in [1.807, 2.05) is 20.8 Å². The van der Waals surface area contributed by atoms with Crippen molar-refractivity contribution >= 4 is 40.9 Å². The second kappa shape index (κ2) is 6.53. The van der Waals surface area contributed by atoms with Gasteiger partial charge < -0.3 is 5.32 Å². The second-order valence-corrected chi connectivity index (χ2v) is 6.22. The predicted octanol–water partition coefficient (Wildman–Crippen LogP) is 4.00. The van der Waals surface area contributed by atoms with Crippen molar-refractivity contribution in [1.82, 2.24) is 5.32 Å². The predicted molar refractivity (Wildman–Crippen MR) is 75.1 cm³/mol. The van der Waals surface area contributed by atoms with Crippen LogP contribution in [0.25, 0.3) is 0 Å². The molecule has 0 saturated heterocycles. The number of benzene rings is 1. The second-order valence-electron chi connectivity index (χ2n) is 4.00. The van der Waals surface area contributed by atoms with Crippen LogP contribution in [0.3, 0.4) is 0 Å². The van der Waals surface area contributed by atoms with Crippen molar-refractivity contribution in [3.05, 3.63) is 28.2 Å². The molecule has 1 aromatic carbocycles. The molecule has 0 spiro atoms. The van der Waals surface area contributed by atoms with Crippen LogP contribution >= 0.6 is 35.0 Å². The molecule has 1 N–H and O–H groups in total. The number of carbonyl (C=O) groups is 1. The Morgan fingerprint density at radius 2 is 1.94 bits per heavy atom. The zero-order valence-corrected chi connectivity index (χ0v) is 12.3. The van der Waals surface area contributed by atoms with Gasteiger partial charge >= 0.3 is 0 Å². The van der Waals surface area contributed by atoms with Crippen LogP contribution in [0.2, 0.25) is 10.0 Å². The Morgan fingerprint density at radius 3 is 2.53 bits per heavy atom. The fourth-order valence-electron chi connectivity index (χ4n) is 1.21. The number of hydrogen-bond donors (Lipinski definition) is 1. The van der Waals surface area contributed by atoms with E-state index in [2.05, 4.69) is 5.32 Å². The quantitative estimate of drug-likeness (QED) is 0.850. The average Bonchev–Trinajstić information content (AvgIpc) is 2.22. The number of halogens is 2. The lowest BCUT2D eigenvalue weighted by atomic mass is 10.3. The first kappa shape index (κ1) is 14.7. The van der Waals surface area contributed by atoms with Crippen molar-refractivity contribution in [2.75, 3.05) is 0 Å². The molecular weight excluding hydrogens is 277 g/mol. The minimum Gasteiger partial charge on any atom is -0.353 e. The van der Waals surface area contributed by atoms with Gasteiger partial charge in [0, 0.05) is 16.0 Å². The van der Waals surface area contributed by atoms with Gasteiger partial charge in [0.05, 0.1) is 10.3 Å². The van der Waals surface area contributed by atoms with Crippen molar-refractivity contribution in [2.45, 2.75) is 37.0 Å². The Balaban J connectivity index is 2.70. The van der Waals surface area contributed by atoms with E-state index in [1.54, 1.807) is 18.2 Å². The van der Waals surface area contributed by atoms with Crippen LogP contribution in [-0.4, -0.2) is 17.2 Å². The molecule has 1 unspecified atom stereocenters. The zero-order valence-electron chi connectivity index (χ0n) is 9.96. The first-order valence-corrected chi connectivity index (χ1v) is 6.95. The maximum absolute atomic E-state index is 11.7. The van der Waals surface area contributed by atoms with Crippen LogP contribution in [0.5, 0.6) is 0 Å². The molecule has 0 heterocycles. The number of rotatable bonds is 4. The third kappa shape index (κ3) is 4.78. The fourth-order valence-corrected chi connectivity index (χ4v) is 2.63. The molecule has 5 heteroatoms. The minimum absolute atomic E-state index is 0.000965. The number of carbonyl (C=O) groups excluding carboxylic acids is 1. The molecule has 0 aliphatic rings. The summed E-state index contributed by atoms with van der Waals surface area (Å²) in [5.41, 5.74) is 0. The molecule has 0 fully saturated rings. The molecule has 17 heavy (non-hydrogen) atoms. The highest BCUT2D eigenvalue weighted by molar-refractivity contribution is 8.00. The average molecular weight is 292 g/mol. The summed E-state index contributed by atoms with van der Waals surface area (Å²) in [6.45, 7) is 5.71. The molecule has 0 aromatic heterocycles. The van der Waals surface area contributed by atoms with E-state index in [9.17, 15) is 4.79 Å². The molecule has 0 aliphatic heterocycles. The third-order valence-electron chi connectivity index (χ3n) is 2.00. The number of thioether (sulfide) groups is 1. The van der Waals surface area contributed by atoms with Gasteiger partial charge in [-0.1, -0.05) is 23.2 Å². The van der Waals surface area contributed by atoms with E-state index in [0.717, 1.165) is 4.90 Å². The monoisotopic (exact) mass is 291 g/mol. The standard InChI is InChI=1S/C12H15Cl2NOS/c1-7(2)15-12(16)8(3)17-11-6-9(13)4-5-10(11)14/h4-8H,1-3H3,(H,15,16). The summed E-state index contributed by atoms with van der Waals surface area (Å²) < 4.78 is 0. The lowest BCUT2D eigenvalue weighted by Crippen LogP contribution is -2.35. The Labute approximate surface area is 116 Å². The van der Waals surface area contributed by atoms with Gasteiger partial charge in [-0.05, 0) is 39.0 Å². The van der Waals surface area contributed by atoms with Crippen molar-refractivity contribution < 1.29 is 4.79 Å². The molecule has 1 atom stereocenters. The molecule has 1 rings (SSSR count). The van der Waals surface area contributed by atoms with Gasteiger partial charge in [0.25, 0.3) is 0 Å². The largest absolute Gasteiger partial charge is 0.353 e. The van der Waals surface area contributed by atoms with Crippen LogP contribution in [-0.2, 0) is 4.79 Å². The van der Waals surface area contributed by atoms with Gasteiger partial charge in [0.2, 0.25) is 5.91 Å². The molecule has 0 bridgehead atoms. The van der Waals surface area contributed by atoms with Crippen LogP contribution < -0.4 is 5.32 Å². The summed E-state index contributed by atoms with van der Waals surface area (Å²) in [6, 6.07) is 5.38. The lowest BCUT2D eigenvalue weighted by molar-refractivity contribution is -0.120. The van der Waals surface area contributed by atoms with Gasteiger partial charge in [-0.15, -0.1) is 11.8 Å². The molecule has 0 radical (unpaired) electrons. The minimum atomic E-state index is -0.201. The van der Waals surface area contributed by atoms with Crippen LogP contribution in [0.1, 0.15) is 20.8 Å². The summed E-state index contributed by atoms with van der Waals surface area (Å²) in [4.78, 5) is 12.6. The zero-order chi connectivity index (χ0) is 13.0. The highest BCUT2D eigenvalue weighted by atomic mass is 35.5. The normalized spacial score (nSPS) is 12.6. The van der Waals surface area contributed by atoms with E-state index >= 15 is 0 Å². The number of amides is 1. The van der Waals surface area contributed by atoms with E-state index in [0.29, 0.717) is 10.0 Å². The smallest absolute Gasteiger partial charge is 0.233 e. The van der Waals surface area contributed by atoms with Crippen molar-refractivity contribution in [2.24, 2.45) is 0 Å². The lowest BCUT2D eigenvalue weighted by Gasteiger charge is -2.14. The third-order valence-corrected chi connectivity index (χ3v) is 3.83. The number of hydrogen-bond acceptors (Lipinski definition) is 2. The van der Waals surface area contributed by atoms with Gasteiger partial charge in [-0.25, -0.2) is 0 Å². The van der Waals surface area contributed by atoms with Crippen molar-refractivity contribution in [1.29, 1.82) is 0 Å². The van der Waals surface area contributed by atoms with Crippen LogP contribution in [0.15, 0.2) is 23.1 Å². The first-order chi connectivity index (χ1) is 7.90. The van der Waals surface area contributed by atoms with E-state index in [-0.39, 0.29) is 17.2 Å². The van der Waals surface area contributed by atoms with E-state index < -0.39 is 0 Å². The van der Waals surface area contributed by atoms with E-state index in [4.69, 9.17) is 23.2 Å². The van der Waals surface area contributed by atoms with Crippen molar-refractivity contribution in [3.63, 3.8) is 0 Å². The maximum Gasteiger partial charge on any atom is 0.233 e. The molecule has 0 aliphatic carbocycles. The number of nitrogens with one attached hydrogen (secondary N) is 1. The van der Waals surface area contributed by atoms with Crippen LogP contribution in [0.4, 0.5) is 0 Å². The summed E-state index contributed by atoms with van der Waals surface area (Å²) >= 11 is 13.3. The van der Waals surface area contributed by atoms with E-state index in [1.165, 1.54) is 11.8 Å². The molecule has 0 saturated carbocycles. The topological polar surface area (TPSA) is 29.1 Å². The summed E-state index contributed by atoms with van der Waals surface area (Å²) in [5.74, 6) is 0.000965. The van der Waals surface area contributed by atoms with Gasteiger partial charge in [-0.3, -0.25) is 4.79 Å². The SMILES string of the molecule is CC(C)NC(=O)C(C)Sc1cc(Cl)ccc1Cl. The Bertz CT molecular complexity index is 409. The van der Waals surface area contributed by atoms with Crippen LogP contribution in [0, 0.1) is 0 Å². The van der Waals surface area contributed by atoms with Gasteiger partial charge in [0.15, 0.2) is 0 Å². The highest BCUT2D eigenvalue weighted by Gasteiger charge is 2.16. The molecule has 1 aromatic rings. The summed E-state index contributed by atoms with van der Waals surface area (Å²) in [7, 11) is 0. The Hall–Kier alpha value is -0.380. The fraction of sp³-hybridized carbons (Fsp3) is 0.417. The Kier molecular flexibility index (Phi) is 5.63. The molecule has 1 amide bonds. The molecule has 94 valence electrons. The highest BCUT2D eigenvalue weighted by Crippen LogP contribution is 2.32. The molecular formula is C12H15Cl2NOS. The summed E-state index contributed by atoms with van der Waals surface area (Å²) in [5, 5.41) is 3.89. The van der Waals surface area contributed by atoms with Gasteiger partial charge in [-0.2, -0.15) is 0 Å². The van der Waals surface area contributed by atoms with Crippen molar-refractivity contribution in [3.8, 4) is 0 Å². The Morgan fingerprint density at radius 1 is 1.29 bits per heavy atom. The van der Waals surface area contributed by atoms with Gasteiger partial charge in [0.1, 0.15) is 0 Å². The first-order valence-electron chi connectivity index (χ1n) is 5.32.